The van der Waals surface area contributed by atoms with Gasteiger partial charge in [-0.3, -0.25) is 4.98 Å². The van der Waals surface area contributed by atoms with Crippen molar-refractivity contribution in [1.29, 1.82) is 0 Å². The van der Waals surface area contributed by atoms with Gasteiger partial charge in [0.05, 0.1) is 0 Å². The Hall–Kier alpha value is -2.20. The van der Waals surface area contributed by atoms with Crippen molar-refractivity contribution in [2.24, 2.45) is 0 Å². The first-order chi connectivity index (χ1) is 11.9. The van der Waals surface area contributed by atoms with E-state index in [2.05, 4.69) is 20.9 Å². The number of hydrogen-bond donors (Lipinski definition) is 0. The van der Waals surface area contributed by atoms with E-state index in [1.54, 1.807) is 0 Å². The predicted octanol–water partition coefficient (Wildman–Crippen LogP) is 4.04. The summed E-state index contributed by atoms with van der Waals surface area (Å²) in [6, 6.07) is 12.2. The molecule has 1 fully saturated rings. The zero-order valence-electron chi connectivity index (χ0n) is 13.9. The molecule has 0 atom stereocenters. The van der Waals surface area contributed by atoms with Crippen molar-refractivity contribution in [3.63, 3.8) is 0 Å². The molecular weight excluding hydrogens is 298 g/mol. The molecule has 0 saturated carbocycles. The van der Waals surface area contributed by atoms with Crippen molar-refractivity contribution < 1.29 is 4.42 Å². The predicted molar refractivity (Wildman–Crippen MR) is 95.0 cm³/mol. The number of oxazole rings is 1. The smallest absolute Gasteiger partial charge is 0.198 e. The number of likely N-dealkylation sites (tertiary alicyclic amines) is 1. The summed E-state index contributed by atoms with van der Waals surface area (Å²) in [5.41, 5.74) is 3.22. The van der Waals surface area contributed by atoms with E-state index in [0.29, 0.717) is 5.92 Å². The summed E-state index contributed by atoms with van der Waals surface area (Å²) < 4.78 is 5.95. The van der Waals surface area contributed by atoms with Crippen LogP contribution in [0.4, 0.5) is 0 Å². The molecule has 124 valence electrons. The second kappa shape index (κ2) is 7.14. The lowest BCUT2D eigenvalue weighted by molar-refractivity contribution is 0.199. The highest BCUT2D eigenvalue weighted by Crippen LogP contribution is 2.29. The van der Waals surface area contributed by atoms with Crippen LogP contribution in [0.15, 0.2) is 53.2 Å². The van der Waals surface area contributed by atoms with Crippen LogP contribution in [0, 0.1) is 0 Å². The number of benzene rings is 1. The molecule has 1 aliphatic heterocycles. The van der Waals surface area contributed by atoms with E-state index in [0.717, 1.165) is 55.9 Å². The van der Waals surface area contributed by atoms with Gasteiger partial charge in [-0.15, -0.1) is 0 Å². The van der Waals surface area contributed by atoms with E-state index in [-0.39, 0.29) is 0 Å². The summed E-state index contributed by atoms with van der Waals surface area (Å²) in [5, 5.41) is 0. The van der Waals surface area contributed by atoms with Crippen LogP contribution in [0.2, 0.25) is 0 Å². The molecule has 0 spiro atoms. The van der Waals surface area contributed by atoms with Crippen molar-refractivity contribution in [1.82, 2.24) is 14.9 Å². The van der Waals surface area contributed by atoms with E-state index in [1.165, 1.54) is 12.0 Å². The monoisotopic (exact) mass is 321 g/mol. The molecule has 1 saturated heterocycles. The number of nitrogens with zero attached hydrogens (tertiary/aromatic N) is 3. The Morgan fingerprint density at radius 1 is 1.08 bits per heavy atom. The van der Waals surface area contributed by atoms with Crippen molar-refractivity contribution in [2.75, 3.05) is 19.6 Å². The summed E-state index contributed by atoms with van der Waals surface area (Å²) in [5.74, 6) is 1.39. The minimum absolute atomic E-state index is 0.465. The maximum absolute atomic E-state index is 5.95. The molecule has 0 N–H and O–H groups in total. The van der Waals surface area contributed by atoms with Gasteiger partial charge in [0, 0.05) is 18.3 Å². The average Bonchev–Trinajstić information content (AvgIpc) is 3.07. The minimum atomic E-state index is 0.465. The molecule has 24 heavy (non-hydrogen) atoms. The molecule has 0 unspecified atom stereocenters. The summed E-state index contributed by atoms with van der Waals surface area (Å²) >= 11 is 0. The Labute approximate surface area is 142 Å². The molecule has 1 aromatic carbocycles. The fraction of sp³-hybridized carbons (Fsp3) is 0.400. The highest BCUT2D eigenvalue weighted by Gasteiger charge is 2.24. The number of piperidine rings is 1. The molecule has 0 bridgehead atoms. The number of aromatic nitrogens is 2. The van der Waals surface area contributed by atoms with Crippen LogP contribution in [-0.2, 0) is 6.42 Å². The first-order valence-electron chi connectivity index (χ1n) is 8.85. The van der Waals surface area contributed by atoms with Gasteiger partial charge < -0.3 is 9.32 Å². The summed E-state index contributed by atoms with van der Waals surface area (Å²) in [6.07, 6.45) is 8.39. The molecule has 4 rings (SSSR count). The molecule has 2 aromatic heterocycles. The molecule has 0 radical (unpaired) electrons. The first kappa shape index (κ1) is 15.3. The quantitative estimate of drug-likeness (QED) is 0.711. The topological polar surface area (TPSA) is 42.2 Å². The maximum atomic E-state index is 5.95. The Kier molecular flexibility index (Phi) is 4.56. The van der Waals surface area contributed by atoms with Gasteiger partial charge >= 0.3 is 0 Å². The largest absolute Gasteiger partial charge is 0.440 e. The van der Waals surface area contributed by atoms with Gasteiger partial charge in [-0.1, -0.05) is 18.2 Å². The fourth-order valence-electron chi connectivity index (χ4n) is 3.52. The lowest BCUT2D eigenvalue weighted by Crippen LogP contribution is -2.34. The number of rotatable bonds is 5. The third-order valence-electron chi connectivity index (χ3n) is 4.91. The normalized spacial score (nSPS) is 16.7. The third-order valence-corrected chi connectivity index (χ3v) is 4.91. The number of hydrogen-bond acceptors (Lipinski definition) is 4. The van der Waals surface area contributed by atoms with E-state index in [9.17, 15) is 0 Å². The highest BCUT2D eigenvalue weighted by molar-refractivity contribution is 5.72. The molecule has 1 aliphatic rings. The molecule has 0 amide bonds. The van der Waals surface area contributed by atoms with Gasteiger partial charge in [-0.05, 0) is 69.1 Å². The second-order valence-corrected chi connectivity index (χ2v) is 6.60. The van der Waals surface area contributed by atoms with Crippen molar-refractivity contribution in [2.45, 2.75) is 31.6 Å². The standard InChI is InChI=1S/C20H23N3O/c1-2-8-19-18(7-1)22-20(24-19)17-9-13-23(14-10-17)12-4-6-16-5-3-11-21-15-16/h1-3,5,7-8,11,15,17H,4,6,9-10,12-14H2. The number of aryl methyl sites for hydroxylation is 1. The summed E-state index contributed by atoms with van der Waals surface area (Å²) in [4.78, 5) is 11.4. The molecular formula is C20H23N3O. The summed E-state index contributed by atoms with van der Waals surface area (Å²) in [6.45, 7) is 3.43. The van der Waals surface area contributed by atoms with Gasteiger partial charge in [0.15, 0.2) is 11.5 Å². The number of fused-ring (bicyclic) bond motifs is 1. The molecule has 3 heterocycles. The minimum Gasteiger partial charge on any atom is -0.440 e. The van der Waals surface area contributed by atoms with Crippen LogP contribution in [-0.4, -0.2) is 34.5 Å². The van der Waals surface area contributed by atoms with E-state index in [4.69, 9.17) is 4.42 Å². The molecule has 4 nitrogen and oxygen atoms in total. The highest BCUT2D eigenvalue weighted by atomic mass is 16.3. The van der Waals surface area contributed by atoms with Crippen molar-refractivity contribution >= 4 is 11.1 Å². The summed E-state index contributed by atoms with van der Waals surface area (Å²) in [7, 11) is 0. The lowest BCUT2D eigenvalue weighted by atomic mass is 9.96. The second-order valence-electron chi connectivity index (χ2n) is 6.60. The average molecular weight is 321 g/mol. The van der Waals surface area contributed by atoms with Crippen molar-refractivity contribution in [3.8, 4) is 0 Å². The van der Waals surface area contributed by atoms with E-state index >= 15 is 0 Å². The van der Waals surface area contributed by atoms with Gasteiger partial charge in [0.2, 0.25) is 0 Å². The number of pyridine rings is 1. The van der Waals surface area contributed by atoms with E-state index in [1.807, 2.05) is 42.7 Å². The zero-order valence-corrected chi connectivity index (χ0v) is 13.9. The molecule has 4 heteroatoms. The fourth-order valence-corrected chi connectivity index (χ4v) is 3.52. The van der Waals surface area contributed by atoms with Crippen LogP contribution >= 0.6 is 0 Å². The molecule has 0 aliphatic carbocycles. The van der Waals surface area contributed by atoms with E-state index < -0.39 is 0 Å². The van der Waals surface area contributed by atoms with Gasteiger partial charge in [0.25, 0.3) is 0 Å². The van der Waals surface area contributed by atoms with Crippen molar-refractivity contribution in [3.05, 3.63) is 60.2 Å². The van der Waals surface area contributed by atoms with Crippen LogP contribution < -0.4 is 0 Å². The Balaban J connectivity index is 1.27. The SMILES string of the molecule is c1cncc(CCCN2CCC(c3nc4ccccc4o3)CC2)c1. The lowest BCUT2D eigenvalue weighted by Gasteiger charge is -2.30. The Morgan fingerprint density at radius 3 is 2.75 bits per heavy atom. The van der Waals surface area contributed by atoms with Crippen LogP contribution in [0.5, 0.6) is 0 Å². The van der Waals surface area contributed by atoms with Gasteiger partial charge in [-0.2, -0.15) is 0 Å². The molecule has 3 aromatic rings. The zero-order chi connectivity index (χ0) is 16.2. The third kappa shape index (κ3) is 3.49. The first-order valence-corrected chi connectivity index (χ1v) is 8.85. The Morgan fingerprint density at radius 2 is 1.96 bits per heavy atom. The Bertz CT molecular complexity index is 743. The maximum Gasteiger partial charge on any atom is 0.198 e. The number of para-hydroxylation sites is 2. The van der Waals surface area contributed by atoms with Crippen LogP contribution in [0.3, 0.4) is 0 Å². The van der Waals surface area contributed by atoms with Crippen LogP contribution in [0.1, 0.15) is 36.6 Å². The van der Waals surface area contributed by atoms with Crippen LogP contribution in [0.25, 0.3) is 11.1 Å². The van der Waals surface area contributed by atoms with Gasteiger partial charge in [-0.25, -0.2) is 4.98 Å². The van der Waals surface area contributed by atoms with Gasteiger partial charge in [0.1, 0.15) is 5.52 Å².